The Morgan fingerprint density at radius 1 is 1.20 bits per heavy atom. The summed E-state index contributed by atoms with van der Waals surface area (Å²) in [5.74, 6) is 2.40. The summed E-state index contributed by atoms with van der Waals surface area (Å²) in [6.45, 7) is 9.36. The van der Waals surface area contributed by atoms with Crippen LogP contribution in [0.3, 0.4) is 0 Å². The molecule has 0 spiro atoms. The summed E-state index contributed by atoms with van der Waals surface area (Å²) in [5, 5.41) is 4.69. The lowest BCUT2D eigenvalue weighted by molar-refractivity contribution is 0.161. The van der Waals surface area contributed by atoms with E-state index in [9.17, 15) is 0 Å². The molecule has 0 aliphatic heterocycles. The van der Waals surface area contributed by atoms with Crippen molar-refractivity contribution in [2.24, 2.45) is 17.8 Å². The number of rotatable bonds is 4. The first kappa shape index (κ1) is 15.9. The van der Waals surface area contributed by atoms with Gasteiger partial charge in [0.05, 0.1) is 0 Å². The molecule has 0 bridgehead atoms. The van der Waals surface area contributed by atoms with Gasteiger partial charge >= 0.3 is 0 Å². The van der Waals surface area contributed by atoms with E-state index in [0.29, 0.717) is 12.1 Å². The van der Waals surface area contributed by atoms with E-state index in [-0.39, 0.29) is 0 Å². The molecule has 1 fully saturated rings. The second kappa shape index (κ2) is 6.95. The standard InChI is InChI=1S/C18H28ClN/c1-12(2)17-9-8-13(3)10-18(17)20-14(4)15-6-5-7-16(19)11-15/h5-7,11-14,17-18,20H,8-10H2,1-4H3/t13?,14-,17?,18?/m1/s1. The maximum absolute atomic E-state index is 6.11. The summed E-state index contributed by atoms with van der Waals surface area (Å²) in [6, 6.07) is 9.23. The number of hydrogen-bond donors (Lipinski definition) is 1. The maximum Gasteiger partial charge on any atom is 0.0409 e. The zero-order valence-electron chi connectivity index (χ0n) is 13.2. The molecule has 2 rings (SSSR count). The summed E-state index contributed by atoms with van der Waals surface area (Å²) < 4.78 is 0. The highest BCUT2D eigenvalue weighted by molar-refractivity contribution is 6.30. The van der Waals surface area contributed by atoms with Gasteiger partial charge in [-0.15, -0.1) is 0 Å². The van der Waals surface area contributed by atoms with E-state index in [1.54, 1.807) is 0 Å². The number of benzene rings is 1. The first-order chi connectivity index (χ1) is 9.47. The van der Waals surface area contributed by atoms with Gasteiger partial charge in [0.2, 0.25) is 0 Å². The van der Waals surface area contributed by atoms with Gasteiger partial charge < -0.3 is 5.32 Å². The fourth-order valence-electron chi connectivity index (χ4n) is 3.59. The minimum absolute atomic E-state index is 0.366. The Morgan fingerprint density at radius 3 is 2.60 bits per heavy atom. The molecule has 1 aromatic rings. The Hall–Kier alpha value is -0.530. The molecule has 3 unspecified atom stereocenters. The zero-order valence-corrected chi connectivity index (χ0v) is 14.0. The van der Waals surface area contributed by atoms with Gasteiger partial charge in [-0.25, -0.2) is 0 Å². The van der Waals surface area contributed by atoms with E-state index in [0.717, 1.165) is 22.8 Å². The fourth-order valence-corrected chi connectivity index (χ4v) is 3.79. The van der Waals surface area contributed by atoms with E-state index in [2.05, 4.69) is 45.1 Å². The monoisotopic (exact) mass is 293 g/mol. The molecule has 0 heterocycles. The molecule has 0 saturated heterocycles. The Labute approximate surface area is 129 Å². The van der Waals surface area contributed by atoms with Gasteiger partial charge in [0, 0.05) is 17.1 Å². The Morgan fingerprint density at radius 2 is 1.95 bits per heavy atom. The van der Waals surface area contributed by atoms with E-state index < -0.39 is 0 Å². The Kier molecular flexibility index (Phi) is 5.51. The van der Waals surface area contributed by atoms with Crippen molar-refractivity contribution in [2.75, 3.05) is 0 Å². The molecule has 1 saturated carbocycles. The predicted octanol–water partition coefficient (Wildman–Crippen LogP) is 5.45. The third kappa shape index (κ3) is 3.99. The van der Waals surface area contributed by atoms with Gasteiger partial charge in [0.15, 0.2) is 0 Å². The van der Waals surface area contributed by atoms with Gasteiger partial charge in [-0.2, -0.15) is 0 Å². The van der Waals surface area contributed by atoms with Gasteiger partial charge in [-0.05, 0) is 55.2 Å². The first-order valence-electron chi connectivity index (χ1n) is 7.99. The minimum atomic E-state index is 0.366. The van der Waals surface area contributed by atoms with E-state index in [4.69, 9.17) is 11.6 Å². The summed E-state index contributed by atoms with van der Waals surface area (Å²) >= 11 is 6.11. The number of nitrogens with one attached hydrogen (secondary N) is 1. The van der Waals surface area contributed by atoms with Crippen LogP contribution in [0.1, 0.15) is 58.6 Å². The second-order valence-electron chi connectivity index (χ2n) is 6.88. The van der Waals surface area contributed by atoms with Gasteiger partial charge in [-0.3, -0.25) is 0 Å². The zero-order chi connectivity index (χ0) is 14.7. The van der Waals surface area contributed by atoms with Crippen molar-refractivity contribution in [1.82, 2.24) is 5.32 Å². The lowest BCUT2D eigenvalue weighted by atomic mass is 9.73. The average Bonchev–Trinajstić information content (AvgIpc) is 2.38. The molecule has 1 aromatic carbocycles. The normalized spacial score (nSPS) is 28.6. The van der Waals surface area contributed by atoms with Crippen LogP contribution in [0.5, 0.6) is 0 Å². The topological polar surface area (TPSA) is 12.0 Å². The smallest absolute Gasteiger partial charge is 0.0409 e. The molecule has 0 aromatic heterocycles. The molecular weight excluding hydrogens is 266 g/mol. The summed E-state index contributed by atoms with van der Waals surface area (Å²) in [6.07, 6.45) is 4.04. The Balaban J connectivity index is 2.05. The van der Waals surface area contributed by atoms with Crippen molar-refractivity contribution in [3.05, 3.63) is 34.9 Å². The fraction of sp³-hybridized carbons (Fsp3) is 0.667. The number of halogens is 1. The molecule has 0 amide bonds. The SMILES string of the molecule is CC1CCC(C(C)C)C(N[C@H](C)c2cccc(Cl)c2)C1. The van der Waals surface area contributed by atoms with E-state index in [1.165, 1.54) is 24.8 Å². The highest BCUT2D eigenvalue weighted by atomic mass is 35.5. The molecule has 1 N–H and O–H groups in total. The van der Waals surface area contributed by atoms with Gasteiger partial charge in [0.25, 0.3) is 0 Å². The van der Waals surface area contributed by atoms with Crippen LogP contribution in [0.25, 0.3) is 0 Å². The lowest BCUT2D eigenvalue weighted by Gasteiger charge is -2.39. The van der Waals surface area contributed by atoms with Crippen LogP contribution in [0.15, 0.2) is 24.3 Å². The quantitative estimate of drug-likeness (QED) is 0.778. The van der Waals surface area contributed by atoms with Crippen LogP contribution in [0.2, 0.25) is 5.02 Å². The molecular formula is C18H28ClN. The van der Waals surface area contributed by atoms with Crippen molar-refractivity contribution in [2.45, 2.75) is 59.0 Å². The first-order valence-corrected chi connectivity index (χ1v) is 8.36. The summed E-state index contributed by atoms with van der Waals surface area (Å²) in [4.78, 5) is 0. The van der Waals surface area contributed by atoms with Crippen LogP contribution >= 0.6 is 11.6 Å². The maximum atomic E-state index is 6.11. The van der Waals surface area contributed by atoms with Crippen molar-refractivity contribution >= 4 is 11.6 Å². The molecule has 1 aliphatic carbocycles. The third-order valence-corrected chi connectivity index (χ3v) is 5.07. The third-order valence-electron chi connectivity index (χ3n) is 4.83. The van der Waals surface area contributed by atoms with Gasteiger partial charge in [0.1, 0.15) is 0 Å². The van der Waals surface area contributed by atoms with Crippen LogP contribution in [0.4, 0.5) is 0 Å². The Bertz CT molecular complexity index is 429. The molecule has 1 nitrogen and oxygen atoms in total. The molecule has 1 aliphatic rings. The van der Waals surface area contributed by atoms with Crippen LogP contribution in [-0.4, -0.2) is 6.04 Å². The van der Waals surface area contributed by atoms with Crippen molar-refractivity contribution in [3.63, 3.8) is 0 Å². The highest BCUT2D eigenvalue weighted by Crippen LogP contribution is 2.34. The lowest BCUT2D eigenvalue weighted by Crippen LogP contribution is -2.43. The summed E-state index contributed by atoms with van der Waals surface area (Å²) in [5.41, 5.74) is 1.29. The molecule has 20 heavy (non-hydrogen) atoms. The van der Waals surface area contributed by atoms with Crippen molar-refractivity contribution in [3.8, 4) is 0 Å². The van der Waals surface area contributed by atoms with Crippen LogP contribution in [0, 0.1) is 17.8 Å². The largest absolute Gasteiger partial charge is 0.307 e. The molecule has 2 heteroatoms. The van der Waals surface area contributed by atoms with Crippen LogP contribution < -0.4 is 5.32 Å². The van der Waals surface area contributed by atoms with Crippen LogP contribution in [-0.2, 0) is 0 Å². The summed E-state index contributed by atoms with van der Waals surface area (Å²) in [7, 11) is 0. The second-order valence-corrected chi connectivity index (χ2v) is 7.31. The predicted molar refractivity (Wildman–Crippen MR) is 88.1 cm³/mol. The average molecular weight is 294 g/mol. The highest BCUT2D eigenvalue weighted by Gasteiger charge is 2.31. The van der Waals surface area contributed by atoms with Crippen molar-refractivity contribution in [1.29, 1.82) is 0 Å². The number of hydrogen-bond acceptors (Lipinski definition) is 1. The minimum Gasteiger partial charge on any atom is -0.307 e. The van der Waals surface area contributed by atoms with E-state index >= 15 is 0 Å². The molecule has 112 valence electrons. The van der Waals surface area contributed by atoms with Crippen molar-refractivity contribution < 1.29 is 0 Å². The van der Waals surface area contributed by atoms with Gasteiger partial charge in [-0.1, -0.05) is 50.9 Å². The van der Waals surface area contributed by atoms with E-state index in [1.807, 2.05) is 12.1 Å². The molecule has 0 radical (unpaired) electrons. The molecule has 4 atom stereocenters.